The van der Waals surface area contributed by atoms with E-state index in [1.165, 1.54) is 10.4 Å². The van der Waals surface area contributed by atoms with Gasteiger partial charge in [-0.1, -0.05) is 23.7 Å². The molecular weight excluding hydrogens is 507 g/mol. The number of aryl methyl sites for hydroxylation is 1. The average Bonchev–Trinajstić information content (AvgIpc) is 3.10. The van der Waals surface area contributed by atoms with E-state index in [1.807, 2.05) is 18.3 Å². The molecule has 1 aromatic heterocycles. The fraction of sp³-hybridized carbons (Fsp3) is 0.500. The highest BCUT2D eigenvalue weighted by atomic mass is 127. The lowest BCUT2D eigenvalue weighted by atomic mass is 9.74. The largest absolute Gasteiger partial charge is 0.381 e. The Morgan fingerprint density at radius 2 is 2.11 bits per heavy atom. The van der Waals surface area contributed by atoms with Crippen LogP contribution in [0, 0.1) is 6.92 Å². The standard InChI is InChI=1S/C20H27ClN4OS.HI/c1-15-13-24-18(27-15)6-9-23-19(22-2)25-14-20(7-10-26-11-8-20)16-4-3-5-17(21)12-16;/h3-5,12-13H,6-11,14H2,1-2H3,(H2,22,23,25);1H. The molecule has 28 heavy (non-hydrogen) atoms. The molecule has 2 N–H and O–H groups in total. The van der Waals surface area contributed by atoms with Crippen LogP contribution in [0.4, 0.5) is 0 Å². The Bertz CT molecular complexity index is 777. The second-order valence-electron chi connectivity index (χ2n) is 6.87. The van der Waals surface area contributed by atoms with Crippen LogP contribution in [0.3, 0.4) is 0 Å². The van der Waals surface area contributed by atoms with Crippen molar-refractivity contribution in [1.82, 2.24) is 15.6 Å². The predicted octanol–water partition coefficient (Wildman–Crippen LogP) is 4.18. The summed E-state index contributed by atoms with van der Waals surface area (Å²) in [4.78, 5) is 10.0. The molecule has 1 fully saturated rings. The summed E-state index contributed by atoms with van der Waals surface area (Å²) in [5.74, 6) is 0.816. The maximum Gasteiger partial charge on any atom is 0.191 e. The molecule has 0 saturated carbocycles. The van der Waals surface area contributed by atoms with Crippen LogP contribution in [0.2, 0.25) is 5.02 Å². The number of aromatic nitrogens is 1. The van der Waals surface area contributed by atoms with Crippen LogP contribution in [0.5, 0.6) is 0 Å². The normalized spacial score (nSPS) is 16.3. The van der Waals surface area contributed by atoms with Gasteiger partial charge in [0.05, 0.1) is 5.01 Å². The Labute approximate surface area is 193 Å². The zero-order chi connectivity index (χ0) is 19.1. The van der Waals surface area contributed by atoms with Gasteiger partial charge in [-0.05, 0) is 37.5 Å². The second kappa shape index (κ2) is 11.3. The van der Waals surface area contributed by atoms with Crippen molar-refractivity contribution in [3.05, 3.63) is 50.9 Å². The Hall–Kier alpha value is -0.900. The molecule has 0 bridgehead atoms. The molecule has 154 valence electrons. The van der Waals surface area contributed by atoms with Crippen LogP contribution in [0.1, 0.15) is 28.3 Å². The average molecular weight is 535 g/mol. The fourth-order valence-electron chi connectivity index (χ4n) is 3.43. The molecule has 1 aliphatic heterocycles. The highest BCUT2D eigenvalue weighted by Crippen LogP contribution is 2.35. The number of hydrogen-bond donors (Lipinski definition) is 2. The summed E-state index contributed by atoms with van der Waals surface area (Å²) in [7, 11) is 1.80. The molecule has 1 aliphatic rings. The first-order valence-corrected chi connectivity index (χ1v) is 10.5. The van der Waals surface area contributed by atoms with E-state index in [0.29, 0.717) is 0 Å². The van der Waals surface area contributed by atoms with E-state index in [4.69, 9.17) is 16.3 Å². The number of nitrogens with zero attached hydrogens (tertiary/aromatic N) is 2. The van der Waals surface area contributed by atoms with Gasteiger partial charge in [0.2, 0.25) is 0 Å². The van der Waals surface area contributed by atoms with Crippen LogP contribution in [0.25, 0.3) is 0 Å². The van der Waals surface area contributed by atoms with Crippen molar-refractivity contribution in [1.29, 1.82) is 0 Å². The Morgan fingerprint density at radius 1 is 1.32 bits per heavy atom. The van der Waals surface area contributed by atoms with Gasteiger partial charge in [0.25, 0.3) is 0 Å². The van der Waals surface area contributed by atoms with Gasteiger partial charge >= 0.3 is 0 Å². The number of aliphatic imine (C=N–C) groups is 1. The van der Waals surface area contributed by atoms with Crippen LogP contribution < -0.4 is 10.6 Å². The third kappa shape index (κ3) is 6.30. The minimum Gasteiger partial charge on any atom is -0.381 e. The van der Waals surface area contributed by atoms with Crippen molar-refractivity contribution in [3.8, 4) is 0 Å². The summed E-state index contributed by atoms with van der Waals surface area (Å²) in [6.07, 6.45) is 4.75. The maximum absolute atomic E-state index is 6.25. The van der Waals surface area contributed by atoms with Gasteiger partial charge in [-0.2, -0.15) is 0 Å². The molecule has 1 saturated heterocycles. The van der Waals surface area contributed by atoms with Gasteiger partial charge in [0.1, 0.15) is 0 Å². The van der Waals surface area contributed by atoms with Crippen molar-refractivity contribution >= 4 is 52.9 Å². The molecule has 1 aromatic carbocycles. The number of nitrogens with one attached hydrogen (secondary N) is 2. The number of halogens is 2. The number of thiazole rings is 1. The summed E-state index contributed by atoms with van der Waals surface area (Å²) >= 11 is 8.00. The second-order valence-corrected chi connectivity index (χ2v) is 8.63. The van der Waals surface area contributed by atoms with Crippen molar-refractivity contribution < 1.29 is 4.74 Å². The third-order valence-electron chi connectivity index (χ3n) is 5.01. The smallest absolute Gasteiger partial charge is 0.191 e. The SMILES string of the molecule is CN=C(NCCc1ncc(C)s1)NCC1(c2cccc(Cl)c2)CCOCC1.I. The molecule has 3 rings (SSSR count). The lowest BCUT2D eigenvalue weighted by Crippen LogP contribution is -2.48. The molecule has 0 amide bonds. The fourth-order valence-corrected chi connectivity index (χ4v) is 4.40. The van der Waals surface area contributed by atoms with Crippen molar-refractivity contribution in [2.75, 3.05) is 33.4 Å². The highest BCUT2D eigenvalue weighted by molar-refractivity contribution is 14.0. The Morgan fingerprint density at radius 3 is 2.75 bits per heavy atom. The molecule has 5 nitrogen and oxygen atoms in total. The summed E-state index contributed by atoms with van der Waals surface area (Å²) in [6.45, 7) is 5.22. The molecule has 0 aliphatic carbocycles. The van der Waals surface area contributed by atoms with Crippen LogP contribution in [0.15, 0.2) is 35.5 Å². The lowest BCUT2D eigenvalue weighted by Gasteiger charge is -2.38. The zero-order valence-electron chi connectivity index (χ0n) is 16.3. The molecule has 2 heterocycles. The minimum absolute atomic E-state index is 0. The van der Waals surface area contributed by atoms with Gasteiger partial charge in [-0.15, -0.1) is 35.3 Å². The monoisotopic (exact) mass is 534 g/mol. The van der Waals surface area contributed by atoms with E-state index in [0.717, 1.165) is 61.6 Å². The molecule has 0 spiro atoms. The number of guanidine groups is 1. The van der Waals surface area contributed by atoms with Crippen LogP contribution in [-0.2, 0) is 16.6 Å². The summed E-state index contributed by atoms with van der Waals surface area (Å²) < 4.78 is 5.61. The Kier molecular flexibility index (Phi) is 9.46. The van der Waals surface area contributed by atoms with E-state index < -0.39 is 0 Å². The Balaban J connectivity index is 0.00000280. The summed E-state index contributed by atoms with van der Waals surface area (Å²) in [5.41, 5.74) is 1.27. The maximum atomic E-state index is 6.25. The van der Waals surface area contributed by atoms with Gasteiger partial charge in [0, 0.05) is 61.3 Å². The molecule has 0 radical (unpaired) electrons. The summed E-state index contributed by atoms with van der Waals surface area (Å²) in [5, 5.41) is 8.83. The van der Waals surface area contributed by atoms with Crippen molar-refractivity contribution in [3.63, 3.8) is 0 Å². The molecule has 8 heteroatoms. The van der Waals surface area contributed by atoms with Crippen LogP contribution in [-0.4, -0.2) is 44.3 Å². The van der Waals surface area contributed by atoms with E-state index >= 15 is 0 Å². The molecule has 2 aromatic rings. The van der Waals surface area contributed by atoms with Crippen LogP contribution >= 0.6 is 46.9 Å². The first-order valence-electron chi connectivity index (χ1n) is 9.31. The topological polar surface area (TPSA) is 58.5 Å². The number of ether oxygens (including phenoxy) is 1. The van der Waals surface area contributed by atoms with Gasteiger partial charge in [0.15, 0.2) is 5.96 Å². The number of rotatable bonds is 6. The lowest BCUT2D eigenvalue weighted by molar-refractivity contribution is 0.0514. The van der Waals surface area contributed by atoms with E-state index in [1.54, 1.807) is 18.4 Å². The molecule has 0 unspecified atom stereocenters. The van der Waals surface area contributed by atoms with Gasteiger partial charge in [-0.25, -0.2) is 4.98 Å². The van der Waals surface area contributed by atoms with E-state index in [-0.39, 0.29) is 29.4 Å². The van der Waals surface area contributed by atoms with Crippen molar-refractivity contribution in [2.45, 2.75) is 31.6 Å². The highest BCUT2D eigenvalue weighted by Gasteiger charge is 2.34. The molecular formula is C20H28ClIN4OS. The van der Waals surface area contributed by atoms with E-state index in [2.05, 4.69) is 39.7 Å². The quantitative estimate of drug-likeness (QED) is 0.332. The zero-order valence-corrected chi connectivity index (χ0v) is 20.2. The first-order chi connectivity index (χ1) is 13.1. The number of hydrogen-bond acceptors (Lipinski definition) is 4. The third-order valence-corrected chi connectivity index (χ3v) is 6.21. The van der Waals surface area contributed by atoms with E-state index in [9.17, 15) is 0 Å². The van der Waals surface area contributed by atoms with Crippen molar-refractivity contribution in [2.24, 2.45) is 4.99 Å². The van der Waals surface area contributed by atoms with Gasteiger partial charge < -0.3 is 15.4 Å². The minimum atomic E-state index is 0. The predicted molar refractivity (Wildman–Crippen MR) is 129 cm³/mol. The number of benzene rings is 1. The first kappa shape index (κ1) is 23.4. The summed E-state index contributed by atoms with van der Waals surface area (Å²) in [6, 6.07) is 8.19. The van der Waals surface area contributed by atoms with Gasteiger partial charge in [-0.3, -0.25) is 4.99 Å². The molecule has 0 atom stereocenters.